The molecule has 1 aromatic carbocycles. The van der Waals surface area contributed by atoms with Gasteiger partial charge >= 0.3 is 0 Å². The van der Waals surface area contributed by atoms with Crippen LogP contribution in [0.2, 0.25) is 0 Å². The van der Waals surface area contributed by atoms with E-state index in [4.69, 9.17) is 4.52 Å². The standard InChI is InChI=1S/C17H23N3O2/c1-12-6-5-7-13(10-12)16-19-15(22-20-16)9-8-14(21)18-11-17(2,3)4/h5-7,10H,8-9,11H2,1-4H3,(H,18,21). The van der Waals surface area contributed by atoms with E-state index in [1.54, 1.807) is 0 Å². The molecule has 2 aromatic rings. The van der Waals surface area contributed by atoms with Crippen LogP contribution in [-0.4, -0.2) is 22.6 Å². The fourth-order valence-electron chi connectivity index (χ4n) is 1.93. The Bertz CT molecular complexity index is 641. The summed E-state index contributed by atoms with van der Waals surface area (Å²) in [7, 11) is 0. The number of amides is 1. The van der Waals surface area contributed by atoms with Crippen LogP contribution >= 0.6 is 0 Å². The minimum absolute atomic E-state index is 0.00484. The minimum Gasteiger partial charge on any atom is -0.356 e. The highest BCUT2D eigenvalue weighted by molar-refractivity contribution is 5.76. The van der Waals surface area contributed by atoms with Crippen LogP contribution in [0.3, 0.4) is 0 Å². The molecule has 1 amide bonds. The zero-order chi connectivity index (χ0) is 16.2. The molecule has 0 bridgehead atoms. The first-order valence-corrected chi connectivity index (χ1v) is 7.50. The largest absolute Gasteiger partial charge is 0.356 e. The van der Waals surface area contributed by atoms with Crippen molar-refractivity contribution in [1.82, 2.24) is 15.5 Å². The van der Waals surface area contributed by atoms with E-state index in [1.165, 1.54) is 0 Å². The lowest BCUT2D eigenvalue weighted by Crippen LogP contribution is -2.32. The average Bonchev–Trinajstić information content (AvgIpc) is 2.91. The molecule has 2 rings (SSSR count). The molecule has 0 aliphatic heterocycles. The molecular weight excluding hydrogens is 278 g/mol. The third kappa shape index (κ3) is 4.98. The fraction of sp³-hybridized carbons (Fsp3) is 0.471. The lowest BCUT2D eigenvalue weighted by atomic mass is 9.97. The van der Waals surface area contributed by atoms with Gasteiger partial charge in [-0.15, -0.1) is 0 Å². The highest BCUT2D eigenvalue weighted by atomic mass is 16.5. The van der Waals surface area contributed by atoms with E-state index in [9.17, 15) is 4.79 Å². The number of rotatable bonds is 5. The van der Waals surface area contributed by atoms with Crippen molar-refractivity contribution in [3.05, 3.63) is 35.7 Å². The summed E-state index contributed by atoms with van der Waals surface area (Å²) in [5.41, 5.74) is 2.15. The van der Waals surface area contributed by atoms with Crippen molar-refractivity contribution < 1.29 is 9.32 Å². The van der Waals surface area contributed by atoms with Crippen LogP contribution in [0.15, 0.2) is 28.8 Å². The predicted octanol–water partition coefficient (Wildman–Crippen LogP) is 3.14. The highest BCUT2D eigenvalue weighted by Gasteiger charge is 2.14. The number of carbonyl (C=O) groups excluding carboxylic acids is 1. The summed E-state index contributed by atoms with van der Waals surface area (Å²) >= 11 is 0. The molecule has 0 spiro atoms. The zero-order valence-corrected chi connectivity index (χ0v) is 13.6. The van der Waals surface area contributed by atoms with E-state index in [0.29, 0.717) is 31.1 Å². The van der Waals surface area contributed by atoms with Crippen molar-refractivity contribution in [2.75, 3.05) is 6.54 Å². The van der Waals surface area contributed by atoms with Gasteiger partial charge in [-0.2, -0.15) is 4.98 Å². The molecule has 0 fully saturated rings. The average molecular weight is 301 g/mol. The molecule has 0 aliphatic carbocycles. The third-order valence-electron chi connectivity index (χ3n) is 3.13. The van der Waals surface area contributed by atoms with Crippen molar-refractivity contribution in [2.45, 2.75) is 40.5 Å². The van der Waals surface area contributed by atoms with Crippen LogP contribution in [0.25, 0.3) is 11.4 Å². The number of benzene rings is 1. The van der Waals surface area contributed by atoms with Gasteiger partial charge < -0.3 is 9.84 Å². The first-order valence-electron chi connectivity index (χ1n) is 7.50. The highest BCUT2D eigenvalue weighted by Crippen LogP contribution is 2.17. The number of hydrogen-bond donors (Lipinski definition) is 1. The van der Waals surface area contributed by atoms with Gasteiger partial charge in [0.2, 0.25) is 17.6 Å². The van der Waals surface area contributed by atoms with Crippen molar-refractivity contribution >= 4 is 5.91 Å². The lowest BCUT2D eigenvalue weighted by molar-refractivity contribution is -0.121. The topological polar surface area (TPSA) is 68.0 Å². The second-order valence-corrected chi connectivity index (χ2v) is 6.72. The monoisotopic (exact) mass is 301 g/mol. The van der Waals surface area contributed by atoms with Gasteiger partial charge in [-0.25, -0.2) is 0 Å². The second-order valence-electron chi connectivity index (χ2n) is 6.72. The molecule has 0 saturated carbocycles. The molecule has 1 aromatic heterocycles. The van der Waals surface area contributed by atoms with Crippen molar-refractivity contribution in [3.8, 4) is 11.4 Å². The summed E-state index contributed by atoms with van der Waals surface area (Å²) in [4.78, 5) is 16.1. The molecule has 22 heavy (non-hydrogen) atoms. The van der Waals surface area contributed by atoms with Crippen LogP contribution in [0.5, 0.6) is 0 Å². The van der Waals surface area contributed by atoms with Crippen LogP contribution in [0, 0.1) is 12.3 Å². The van der Waals surface area contributed by atoms with Gasteiger partial charge in [-0.05, 0) is 18.4 Å². The number of nitrogens with one attached hydrogen (secondary N) is 1. The summed E-state index contributed by atoms with van der Waals surface area (Å²) in [5, 5.41) is 6.88. The van der Waals surface area contributed by atoms with Crippen molar-refractivity contribution in [3.63, 3.8) is 0 Å². The maximum Gasteiger partial charge on any atom is 0.227 e. The Balaban J connectivity index is 1.89. The molecule has 0 saturated heterocycles. The van der Waals surface area contributed by atoms with Gasteiger partial charge in [0, 0.05) is 24.9 Å². The van der Waals surface area contributed by atoms with Gasteiger partial charge in [-0.1, -0.05) is 49.7 Å². The Morgan fingerprint density at radius 1 is 1.32 bits per heavy atom. The predicted molar refractivity (Wildman–Crippen MR) is 85.3 cm³/mol. The molecule has 5 heteroatoms. The van der Waals surface area contributed by atoms with E-state index in [-0.39, 0.29) is 11.3 Å². The van der Waals surface area contributed by atoms with E-state index in [1.807, 2.05) is 31.2 Å². The Kier molecular flexibility index (Phi) is 4.96. The summed E-state index contributed by atoms with van der Waals surface area (Å²) < 4.78 is 5.21. The molecule has 0 atom stereocenters. The van der Waals surface area contributed by atoms with Crippen molar-refractivity contribution in [1.29, 1.82) is 0 Å². The third-order valence-corrected chi connectivity index (χ3v) is 3.13. The van der Waals surface area contributed by atoms with Gasteiger partial charge in [0.15, 0.2) is 0 Å². The normalized spacial score (nSPS) is 11.5. The van der Waals surface area contributed by atoms with E-state index in [2.05, 4.69) is 36.2 Å². The molecule has 0 aliphatic rings. The van der Waals surface area contributed by atoms with Gasteiger partial charge in [0.25, 0.3) is 0 Å². The Labute approximate surface area is 131 Å². The lowest BCUT2D eigenvalue weighted by Gasteiger charge is -2.18. The van der Waals surface area contributed by atoms with Crippen LogP contribution < -0.4 is 5.32 Å². The molecule has 1 heterocycles. The van der Waals surface area contributed by atoms with Crippen LogP contribution in [-0.2, 0) is 11.2 Å². The van der Waals surface area contributed by atoms with Crippen LogP contribution in [0.1, 0.15) is 38.6 Å². The zero-order valence-electron chi connectivity index (χ0n) is 13.6. The Hall–Kier alpha value is -2.17. The molecule has 0 radical (unpaired) electrons. The van der Waals surface area contributed by atoms with Gasteiger partial charge in [-0.3, -0.25) is 4.79 Å². The second kappa shape index (κ2) is 6.73. The van der Waals surface area contributed by atoms with Gasteiger partial charge in [0.1, 0.15) is 0 Å². The van der Waals surface area contributed by atoms with Crippen molar-refractivity contribution in [2.24, 2.45) is 5.41 Å². The van der Waals surface area contributed by atoms with E-state index < -0.39 is 0 Å². The van der Waals surface area contributed by atoms with Gasteiger partial charge in [0.05, 0.1) is 0 Å². The number of carbonyl (C=O) groups is 1. The molecular formula is C17H23N3O2. The minimum atomic E-state index is 0.00484. The van der Waals surface area contributed by atoms with Crippen LogP contribution in [0.4, 0.5) is 0 Å². The number of hydrogen-bond acceptors (Lipinski definition) is 4. The Morgan fingerprint density at radius 3 is 2.77 bits per heavy atom. The summed E-state index contributed by atoms with van der Waals surface area (Å²) in [5.74, 6) is 1.06. The first-order chi connectivity index (χ1) is 10.3. The summed E-state index contributed by atoms with van der Waals surface area (Å²) in [6.07, 6.45) is 0.806. The van der Waals surface area contributed by atoms with E-state index >= 15 is 0 Å². The maximum absolute atomic E-state index is 11.8. The number of aryl methyl sites for hydroxylation is 2. The number of nitrogens with zero attached hydrogens (tertiary/aromatic N) is 2. The smallest absolute Gasteiger partial charge is 0.227 e. The van der Waals surface area contributed by atoms with E-state index in [0.717, 1.165) is 11.1 Å². The SMILES string of the molecule is Cc1cccc(-c2noc(CCC(=O)NCC(C)(C)C)n2)c1. The Morgan fingerprint density at radius 2 is 2.09 bits per heavy atom. The number of aromatic nitrogens is 2. The molecule has 1 N–H and O–H groups in total. The molecule has 118 valence electrons. The summed E-state index contributed by atoms with van der Waals surface area (Å²) in [6.45, 7) is 8.92. The fourth-order valence-corrected chi connectivity index (χ4v) is 1.93. The quantitative estimate of drug-likeness (QED) is 0.921. The molecule has 5 nitrogen and oxygen atoms in total. The maximum atomic E-state index is 11.8. The summed E-state index contributed by atoms with van der Waals surface area (Å²) in [6, 6.07) is 7.92. The first kappa shape index (κ1) is 16.2. The molecule has 0 unspecified atom stereocenters.